The molecular weight excluding hydrogens is 363 g/mol. The molecule has 0 aliphatic rings. The molecule has 0 radical (unpaired) electrons. The van der Waals surface area contributed by atoms with Crippen molar-refractivity contribution in [1.82, 2.24) is 0 Å². The van der Waals surface area contributed by atoms with Gasteiger partial charge in [0.05, 0.1) is 6.21 Å². The number of hydrogen-bond acceptors (Lipinski definition) is 4. The number of carbonyl (C=O) groups is 1. The fraction of sp³-hybridized carbons (Fsp3) is 0.111. The fourth-order valence-electron chi connectivity index (χ4n) is 1.79. The lowest BCUT2D eigenvalue weighted by Gasteiger charge is -2.06. The van der Waals surface area contributed by atoms with Gasteiger partial charge in [-0.25, -0.2) is 0 Å². The highest BCUT2D eigenvalue weighted by Gasteiger charge is 2.04. The minimum Gasteiger partial charge on any atom is -0.480 e. The first kappa shape index (κ1) is 18.7. The van der Waals surface area contributed by atoms with E-state index in [9.17, 15) is 4.79 Å². The molecule has 0 aromatic heterocycles. The molecule has 7 heteroatoms. The standard InChI is InChI=1S/C18H14Cl2N2O3/c1-2-9-24-17-8-5-15(20)10-13(17)11-21-25-12-18(23)22-16-6-3-14(19)4-7-16/h1,3-8,10-11H,9,12H2,(H,22,23)/b21-11+. The molecule has 0 aliphatic heterocycles. The Bertz CT molecular complexity index is 799. The van der Waals surface area contributed by atoms with Gasteiger partial charge in [0, 0.05) is 21.3 Å². The Morgan fingerprint density at radius 1 is 1.20 bits per heavy atom. The zero-order valence-electron chi connectivity index (χ0n) is 13.0. The Morgan fingerprint density at radius 3 is 2.64 bits per heavy atom. The summed E-state index contributed by atoms with van der Waals surface area (Å²) in [6, 6.07) is 11.7. The Balaban J connectivity index is 1.88. The van der Waals surface area contributed by atoms with Gasteiger partial charge in [-0.15, -0.1) is 6.42 Å². The first-order valence-corrected chi connectivity index (χ1v) is 7.90. The fourth-order valence-corrected chi connectivity index (χ4v) is 2.10. The first-order chi connectivity index (χ1) is 12.1. The molecule has 1 amide bonds. The molecule has 0 saturated carbocycles. The molecule has 0 atom stereocenters. The van der Waals surface area contributed by atoms with Gasteiger partial charge in [0.2, 0.25) is 0 Å². The molecule has 128 valence electrons. The summed E-state index contributed by atoms with van der Waals surface area (Å²) in [5, 5.41) is 7.50. The van der Waals surface area contributed by atoms with Crippen LogP contribution in [0.25, 0.3) is 0 Å². The zero-order valence-corrected chi connectivity index (χ0v) is 14.6. The number of hydrogen-bond donors (Lipinski definition) is 1. The molecular formula is C18H14Cl2N2O3. The molecule has 25 heavy (non-hydrogen) atoms. The summed E-state index contributed by atoms with van der Waals surface area (Å²) in [7, 11) is 0. The number of nitrogens with one attached hydrogen (secondary N) is 1. The second kappa shape index (κ2) is 9.58. The second-order valence-corrected chi connectivity index (χ2v) is 5.61. The van der Waals surface area contributed by atoms with Crippen LogP contribution in [0.2, 0.25) is 10.0 Å². The number of oxime groups is 1. The van der Waals surface area contributed by atoms with Gasteiger partial charge in [0.15, 0.2) is 6.61 Å². The molecule has 0 heterocycles. The van der Waals surface area contributed by atoms with Crippen LogP contribution in [0.1, 0.15) is 5.56 Å². The molecule has 0 spiro atoms. The summed E-state index contributed by atoms with van der Waals surface area (Å²) in [6.07, 6.45) is 6.57. The monoisotopic (exact) mass is 376 g/mol. The van der Waals surface area contributed by atoms with Gasteiger partial charge in [0.1, 0.15) is 12.4 Å². The molecule has 5 nitrogen and oxygen atoms in total. The normalized spacial score (nSPS) is 10.3. The number of ether oxygens (including phenoxy) is 1. The minimum absolute atomic E-state index is 0.118. The van der Waals surface area contributed by atoms with E-state index in [2.05, 4.69) is 16.4 Å². The second-order valence-electron chi connectivity index (χ2n) is 4.74. The van der Waals surface area contributed by atoms with Gasteiger partial charge in [-0.1, -0.05) is 34.3 Å². The molecule has 2 aromatic carbocycles. The molecule has 0 bridgehead atoms. The number of carbonyl (C=O) groups excluding carboxylic acids is 1. The summed E-state index contributed by atoms with van der Waals surface area (Å²) in [5.41, 5.74) is 1.20. The van der Waals surface area contributed by atoms with Crippen molar-refractivity contribution in [1.29, 1.82) is 0 Å². The summed E-state index contributed by atoms with van der Waals surface area (Å²) in [4.78, 5) is 16.7. The Morgan fingerprint density at radius 2 is 1.92 bits per heavy atom. The Kier molecular flexibility index (Phi) is 7.15. The third kappa shape index (κ3) is 6.38. The molecule has 0 unspecified atom stereocenters. The Labute approximate surface area is 155 Å². The number of benzene rings is 2. The van der Waals surface area contributed by atoms with E-state index in [1.54, 1.807) is 42.5 Å². The molecule has 0 fully saturated rings. The van der Waals surface area contributed by atoms with Crippen LogP contribution in [0, 0.1) is 12.3 Å². The maximum Gasteiger partial charge on any atom is 0.265 e. The number of amides is 1. The molecule has 2 aromatic rings. The lowest BCUT2D eigenvalue weighted by atomic mass is 10.2. The van der Waals surface area contributed by atoms with E-state index in [1.807, 2.05) is 0 Å². The van der Waals surface area contributed by atoms with Crippen LogP contribution in [0.3, 0.4) is 0 Å². The van der Waals surface area contributed by atoms with Gasteiger partial charge in [-0.3, -0.25) is 4.79 Å². The predicted octanol–water partition coefficient (Wildman–Crippen LogP) is 3.99. The highest BCUT2D eigenvalue weighted by atomic mass is 35.5. The summed E-state index contributed by atoms with van der Waals surface area (Å²) in [6.45, 7) is -0.132. The van der Waals surface area contributed by atoms with E-state index in [0.29, 0.717) is 27.0 Å². The van der Waals surface area contributed by atoms with Crippen LogP contribution in [-0.4, -0.2) is 25.3 Å². The van der Waals surface area contributed by atoms with Crippen molar-refractivity contribution >= 4 is 41.0 Å². The quantitative estimate of drug-likeness (QED) is 0.451. The van der Waals surface area contributed by atoms with E-state index in [4.69, 9.17) is 39.2 Å². The number of rotatable bonds is 7. The average molecular weight is 377 g/mol. The Hall–Kier alpha value is -2.68. The molecule has 0 aliphatic carbocycles. The van der Waals surface area contributed by atoms with E-state index in [1.165, 1.54) is 6.21 Å². The van der Waals surface area contributed by atoms with Crippen LogP contribution in [0.15, 0.2) is 47.6 Å². The predicted molar refractivity (Wildman–Crippen MR) is 99.4 cm³/mol. The van der Waals surface area contributed by atoms with Gasteiger partial charge < -0.3 is 14.9 Å². The SMILES string of the molecule is C#CCOc1ccc(Cl)cc1/C=N/OCC(=O)Nc1ccc(Cl)cc1. The van der Waals surface area contributed by atoms with Crippen molar-refractivity contribution in [2.75, 3.05) is 18.5 Å². The van der Waals surface area contributed by atoms with Crippen molar-refractivity contribution in [3.8, 4) is 18.1 Å². The molecule has 1 N–H and O–H groups in total. The first-order valence-electron chi connectivity index (χ1n) is 7.15. The third-order valence-corrected chi connectivity index (χ3v) is 3.36. The van der Waals surface area contributed by atoms with Crippen molar-refractivity contribution < 1.29 is 14.4 Å². The maximum absolute atomic E-state index is 11.8. The highest BCUT2D eigenvalue weighted by molar-refractivity contribution is 6.31. The zero-order chi connectivity index (χ0) is 18.1. The average Bonchev–Trinajstić information content (AvgIpc) is 2.60. The van der Waals surface area contributed by atoms with Crippen molar-refractivity contribution in [2.45, 2.75) is 0 Å². The van der Waals surface area contributed by atoms with Gasteiger partial charge in [0.25, 0.3) is 5.91 Å². The highest BCUT2D eigenvalue weighted by Crippen LogP contribution is 2.21. The van der Waals surface area contributed by atoms with Crippen LogP contribution in [0.4, 0.5) is 5.69 Å². The third-order valence-electron chi connectivity index (χ3n) is 2.87. The van der Waals surface area contributed by atoms with Crippen molar-refractivity contribution in [2.24, 2.45) is 5.16 Å². The minimum atomic E-state index is -0.352. The summed E-state index contributed by atoms with van der Waals surface area (Å²) < 4.78 is 5.38. The summed E-state index contributed by atoms with van der Waals surface area (Å²) >= 11 is 11.7. The summed E-state index contributed by atoms with van der Waals surface area (Å²) in [5.74, 6) is 2.54. The van der Waals surface area contributed by atoms with Crippen LogP contribution in [-0.2, 0) is 9.63 Å². The lowest BCUT2D eigenvalue weighted by Crippen LogP contribution is -2.16. The number of anilines is 1. The smallest absolute Gasteiger partial charge is 0.265 e. The van der Waals surface area contributed by atoms with Gasteiger partial charge in [-0.2, -0.15) is 0 Å². The lowest BCUT2D eigenvalue weighted by molar-refractivity contribution is -0.120. The number of terminal acetylenes is 1. The van der Waals surface area contributed by atoms with E-state index in [0.717, 1.165) is 0 Å². The topological polar surface area (TPSA) is 59.9 Å². The van der Waals surface area contributed by atoms with E-state index < -0.39 is 0 Å². The van der Waals surface area contributed by atoms with E-state index in [-0.39, 0.29) is 19.1 Å². The van der Waals surface area contributed by atoms with Gasteiger partial charge >= 0.3 is 0 Å². The van der Waals surface area contributed by atoms with Crippen LogP contribution >= 0.6 is 23.2 Å². The van der Waals surface area contributed by atoms with Crippen LogP contribution in [0.5, 0.6) is 5.75 Å². The number of nitrogens with zero attached hydrogens (tertiary/aromatic N) is 1. The van der Waals surface area contributed by atoms with E-state index >= 15 is 0 Å². The van der Waals surface area contributed by atoms with Crippen LogP contribution < -0.4 is 10.1 Å². The molecule has 0 saturated heterocycles. The number of halogens is 2. The van der Waals surface area contributed by atoms with Gasteiger partial charge in [-0.05, 0) is 42.5 Å². The maximum atomic E-state index is 11.8. The van der Waals surface area contributed by atoms with Crippen molar-refractivity contribution in [3.63, 3.8) is 0 Å². The molecule has 2 rings (SSSR count). The largest absolute Gasteiger partial charge is 0.480 e. The van der Waals surface area contributed by atoms with Crippen molar-refractivity contribution in [3.05, 3.63) is 58.1 Å².